The molecule has 142 valence electrons. The fourth-order valence-electron chi connectivity index (χ4n) is 2.71. The molecule has 0 aliphatic rings. The lowest BCUT2D eigenvalue weighted by Gasteiger charge is -2.08. The van der Waals surface area contributed by atoms with E-state index in [1.165, 1.54) is 0 Å². The second-order valence-electron chi connectivity index (χ2n) is 6.22. The van der Waals surface area contributed by atoms with Gasteiger partial charge in [-0.1, -0.05) is 6.07 Å². The number of nitrogens with zero attached hydrogens (tertiary/aromatic N) is 5. The van der Waals surface area contributed by atoms with Crippen LogP contribution < -0.4 is 4.72 Å². The molecule has 0 radical (unpaired) electrons. The van der Waals surface area contributed by atoms with Crippen molar-refractivity contribution in [3.8, 4) is 16.9 Å². The number of aromatic nitrogens is 5. The van der Waals surface area contributed by atoms with Gasteiger partial charge in [-0.2, -0.15) is 10.2 Å². The smallest absolute Gasteiger partial charge is 0.240 e. The first-order valence-electron chi connectivity index (χ1n) is 8.55. The Morgan fingerprint density at radius 3 is 2.46 bits per heavy atom. The topological polar surface area (TPSA) is 94.7 Å². The van der Waals surface area contributed by atoms with E-state index in [2.05, 4.69) is 19.9 Å². The number of sulfonamides is 1. The molecule has 4 rings (SSSR count). The van der Waals surface area contributed by atoms with Crippen molar-refractivity contribution in [2.75, 3.05) is 0 Å². The minimum Gasteiger partial charge on any atom is -0.275 e. The SMILES string of the molecule is Cn1cc(-c2ccc(CNS(=O)(=O)c3ccc(-n4cccn4)cc3)cn2)cn1. The van der Waals surface area contributed by atoms with Gasteiger partial charge < -0.3 is 0 Å². The number of nitrogens with one attached hydrogen (secondary N) is 1. The Hall–Kier alpha value is -3.30. The molecular weight excluding hydrogens is 376 g/mol. The van der Waals surface area contributed by atoms with E-state index in [1.54, 1.807) is 64.5 Å². The Labute approximate surface area is 162 Å². The molecule has 0 fully saturated rings. The Morgan fingerprint density at radius 2 is 1.86 bits per heavy atom. The summed E-state index contributed by atoms with van der Waals surface area (Å²) < 4.78 is 31.0. The molecule has 28 heavy (non-hydrogen) atoms. The highest BCUT2D eigenvalue weighted by atomic mass is 32.2. The summed E-state index contributed by atoms with van der Waals surface area (Å²) in [6, 6.07) is 12.0. The van der Waals surface area contributed by atoms with Crippen LogP contribution in [0.2, 0.25) is 0 Å². The molecule has 8 nitrogen and oxygen atoms in total. The largest absolute Gasteiger partial charge is 0.275 e. The predicted molar refractivity (Wildman–Crippen MR) is 104 cm³/mol. The van der Waals surface area contributed by atoms with Crippen molar-refractivity contribution < 1.29 is 8.42 Å². The van der Waals surface area contributed by atoms with Crippen molar-refractivity contribution in [3.05, 3.63) is 79.0 Å². The van der Waals surface area contributed by atoms with Crippen LogP contribution in [0.4, 0.5) is 0 Å². The Morgan fingerprint density at radius 1 is 1.04 bits per heavy atom. The molecule has 0 atom stereocenters. The summed E-state index contributed by atoms with van der Waals surface area (Å²) in [5, 5.41) is 8.24. The fraction of sp³-hybridized carbons (Fsp3) is 0.105. The molecule has 0 saturated heterocycles. The third-order valence-electron chi connectivity index (χ3n) is 4.21. The number of hydrogen-bond acceptors (Lipinski definition) is 5. The zero-order valence-corrected chi connectivity index (χ0v) is 15.9. The van der Waals surface area contributed by atoms with Gasteiger partial charge >= 0.3 is 0 Å². The van der Waals surface area contributed by atoms with E-state index < -0.39 is 10.0 Å². The second-order valence-corrected chi connectivity index (χ2v) is 7.99. The van der Waals surface area contributed by atoms with E-state index >= 15 is 0 Å². The van der Waals surface area contributed by atoms with E-state index in [-0.39, 0.29) is 11.4 Å². The van der Waals surface area contributed by atoms with E-state index in [4.69, 9.17) is 0 Å². The van der Waals surface area contributed by atoms with Gasteiger partial charge in [0.2, 0.25) is 10.0 Å². The summed E-state index contributed by atoms with van der Waals surface area (Å²) in [6.45, 7) is 0.156. The lowest BCUT2D eigenvalue weighted by molar-refractivity contribution is 0.581. The van der Waals surface area contributed by atoms with Gasteiger partial charge in [0.05, 0.1) is 22.5 Å². The zero-order chi connectivity index (χ0) is 19.6. The lowest BCUT2D eigenvalue weighted by atomic mass is 10.2. The number of rotatable bonds is 6. The number of hydrogen-bond donors (Lipinski definition) is 1. The molecule has 9 heteroatoms. The summed E-state index contributed by atoms with van der Waals surface area (Å²) in [5.41, 5.74) is 3.25. The minimum atomic E-state index is -3.62. The van der Waals surface area contributed by atoms with Crippen LogP contribution >= 0.6 is 0 Å². The molecule has 3 heterocycles. The highest BCUT2D eigenvalue weighted by Crippen LogP contribution is 2.17. The van der Waals surface area contributed by atoms with Crippen LogP contribution in [0.1, 0.15) is 5.56 Å². The van der Waals surface area contributed by atoms with Crippen LogP contribution in [-0.4, -0.2) is 33.0 Å². The standard InChI is InChI=1S/C19H18N6O2S/c1-24-14-16(13-22-24)19-8-3-15(11-20-19)12-23-28(26,27)18-6-4-17(5-7-18)25-10-2-9-21-25/h2-11,13-14,23H,12H2,1H3. The van der Waals surface area contributed by atoms with Crippen molar-refractivity contribution in [3.63, 3.8) is 0 Å². The molecule has 0 bridgehead atoms. The van der Waals surface area contributed by atoms with Gasteiger partial charge in [-0.25, -0.2) is 17.8 Å². The molecule has 0 amide bonds. The summed E-state index contributed by atoms with van der Waals surface area (Å²) in [4.78, 5) is 4.58. The highest BCUT2D eigenvalue weighted by Gasteiger charge is 2.14. The van der Waals surface area contributed by atoms with Gasteiger partial charge in [0.1, 0.15) is 0 Å². The molecule has 1 N–H and O–H groups in total. The van der Waals surface area contributed by atoms with Crippen LogP contribution in [0.3, 0.4) is 0 Å². The molecule has 0 saturated carbocycles. The average Bonchev–Trinajstić information content (AvgIpc) is 3.39. The molecule has 0 aliphatic heterocycles. The predicted octanol–water partition coefficient (Wildman–Crippen LogP) is 2.15. The van der Waals surface area contributed by atoms with Crippen LogP contribution in [0.25, 0.3) is 16.9 Å². The molecule has 0 spiro atoms. The zero-order valence-electron chi connectivity index (χ0n) is 15.1. The van der Waals surface area contributed by atoms with Crippen molar-refractivity contribution in [2.24, 2.45) is 7.05 Å². The first-order valence-corrected chi connectivity index (χ1v) is 10.0. The van der Waals surface area contributed by atoms with Gasteiger partial charge in [0.15, 0.2) is 0 Å². The van der Waals surface area contributed by atoms with Crippen LogP contribution in [-0.2, 0) is 23.6 Å². The number of pyridine rings is 1. The van der Waals surface area contributed by atoms with Crippen molar-refractivity contribution in [2.45, 2.75) is 11.4 Å². The van der Waals surface area contributed by atoms with Gasteiger partial charge in [-0.3, -0.25) is 9.67 Å². The van der Waals surface area contributed by atoms with Crippen molar-refractivity contribution in [1.82, 2.24) is 29.3 Å². The van der Waals surface area contributed by atoms with Crippen molar-refractivity contribution >= 4 is 10.0 Å². The summed E-state index contributed by atoms with van der Waals surface area (Å²) in [7, 11) is -1.78. The normalized spacial score (nSPS) is 11.6. The molecule has 0 aliphatic carbocycles. The molecule has 3 aromatic heterocycles. The van der Waals surface area contributed by atoms with Gasteiger partial charge in [-0.05, 0) is 42.0 Å². The highest BCUT2D eigenvalue weighted by molar-refractivity contribution is 7.89. The van der Waals surface area contributed by atoms with Crippen LogP contribution in [0.5, 0.6) is 0 Å². The molecule has 0 unspecified atom stereocenters. The maximum absolute atomic E-state index is 12.5. The maximum Gasteiger partial charge on any atom is 0.240 e. The van der Waals surface area contributed by atoms with Crippen molar-refractivity contribution in [1.29, 1.82) is 0 Å². The van der Waals surface area contributed by atoms with E-state index in [0.29, 0.717) is 0 Å². The van der Waals surface area contributed by atoms with E-state index in [0.717, 1.165) is 22.5 Å². The monoisotopic (exact) mass is 394 g/mol. The van der Waals surface area contributed by atoms with Crippen LogP contribution in [0.15, 0.2) is 78.3 Å². The quantitative estimate of drug-likeness (QED) is 0.541. The summed E-state index contributed by atoms with van der Waals surface area (Å²) in [5.74, 6) is 0. The van der Waals surface area contributed by atoms with Gasteiger partial charge in [0, 0.05) is 43.9 Å². The first kappa shape index (κ1) is 18.1. The van der Waals surface area contributed by atoms with E-state index in [9.17, 15) is 8.42 Å². The molecule has 4 aromatic rings. The van der Waals surface area contributed by atoms with E-state index in [1.807, 2.05) is 25.4 Å². The lowest BCUT2D eigenvalue weighted by Crippen LogP contribution is -2.23. The Balaban J connectivity index is 1.43. The van der Waals surface area contributed by atoms with Gasteiger partial charge in [-0.15, -0.1) is 0 Å². The average molecular weight is 394 g/mol. The van der Waals surface area contributed by atoms with Crippen LogP contribution in [0, 0.1) is 0 Å². The second kappa shape index (κ2) is 7.37. The summed E-state index contributed by atoms with van der Waals surface area (Å²) in [6.07, 6.45) is 8.73. The minimum absolute atomic E-state index is 0.156. The third-order valence-corrected chi connectivity index (χ3v) is 5.62. The third kappa shape index (κ3) is 3.85. The van der Waals surface area contributed by atoms with Gasteiger partial charge in [0.25, 0.3) is 0 Å². The summed E-state index contributed by atoms with van der Waals surface area (Å²) >= 11 is 0. The Kier molecular flexibility index (Phi) is 4.76. The molecular formula is C19H18N6O2S. The maximum atomic E-state index is 12.5. The first-order chi connectivity index (χ1) is 13.5. The molecule has 1 aromatic carbocycles. The Bertz CT molecular complexity index is 1160. The fourth-order valence-corrected chi connectivity index (χ4v) is 3.73. The number of benzene rings is 1. The number of aryl methyl sites for hydroxylation is 1.